The van der Waals surface area contributed by atoms with E-state index in [2.05, 4.69) is 4.98 Å². The second-order valence-electron chi connectivity index (χ2n) is 8.26. The maximum absolute atomic E-state index is 13.4. The van der Waals surface area contributed by atoms with Gasteiger partial charge in [0.05, 0.1) is 17.0 Å². The Labute approximate surface area is 194 Å². The van der Waals surface area contributed by atoms with E-state index < -0.39 is 19.9 Å². The normalized spacial score (nSPS) is 12.5. The van der Waals surface area contributed by atoms with Gasteiger partial charge in [-0.15, -0.1) is 11.3 Å². The molecule has 10 heteroatoms. The quantitative estimate of drug-likeness (QED) is 0.455. The highest BCUT2D eigenvalue weighted by Crippen LogP contribution is 2.43. The lowest BCUT2D eigenvalue weighted by molar-refractivity contribution is 0.589. The van der Waals surface area contributed by atoms with Gasteiger partial charge in [-0.3, -0.25) is 0 Å². The van der Waals surface area contributed by atoms with Gasteiger partial charge in [0.1, 0.15) is 4.21 Å². The lowest BCUT2D eigenvalue weighted by Gasteiger charge is -2.12. The van der Waals surface area contributed by atoms with Crippen LogP contribution in [0.25, 0.3) is 11.1 Å². The Balaban J connectivity index is 2.18. The predicted molar refractivity (Wildman–Crippen MR) is 128 cm³/mol. The Morgan fingerprint density at radius 2 is 1.81 bits per heavy atom. The number of thiophene rings is 1. The van der Waals surface area contributed by atoms with Crippen molar-refractivity contribution in [3.8, 4) is 11.1 Å². The van der Waals surface area contributed by atoms with E-state index in [-0.39, 0.29) is 26.3 Å². The number of sulfone groups is 1. The van der Waals surface area contributed by atoms with Gasteiger partial charge in [-0.05, 0) is 29.9 Å². The monoisotopic (exact) mass is 495 g/mol. The van der Waals surface area contributed by atoms with Crippen molar-refractivity contribution in [1.82, 2.24) is 9.55 Å². The van der Waals surface area contributed by atoms with Crippen LogP contribution in [0.5, 0.6) is 0 Å². The molecule has 0 radical (unpaired) electrons. The van der Waals surface area contributed by atoms with E-state index in [0.29, 0.717) is 29.8 Å². The Bertz CT molecular complexity index is 1260. The molecule has 0 aliphatic carbocycles. The largest absolute Gasteiger partial charge is 0.333 e. The van der Waals surface area contributed by atoms with Crippen LogP contribution >= 0.6 is 11.3 Å². The zero-order valence-electron chi connectivity index (χ0n) is 18.5. The minimum atomic E-state index is -4.11. The van der Waals surface area contributed by atoms with Crippen molar-refractivity contribution in [2.24, 2.45) is 11.1 Å². The number of primary sulfonamides is 1. The maximum Gasteiger partial charge on any atom is 0.248 e. The van der Waals surface area contributed by atoms with Crippen LogP contribution in [-0.2, 0) is 32.8 Å². The maximum atomic E-state index is 13.4. The van der Waals surface area contributed by atoms with E-state index in [4.69, 9.17) is 5.14 Å². The van der Waals surface area contributed by atoms with Gasteiger partial charge in [0.25, 0.3) is 0 Å². The third kappa shape index (κ3) is 5.67. The highest BCUT2D eigenvalue weighted by atomic mass is 32.2. The third-order valence-corrected chi connectivity index (χ3v) is 9.70. The molecular weight excluding hydrogens is 466 g/mol. The second-order valence-corrected chi connectivity index (χ2v) is 13.2. The van der Waals surface area contributed by atoms with Gasteiger partial charge in [-0.1, -0.05) is 51.5 Å². The fourth-order valence-corrected chi connectivity index (χ4v) is 8.43. The second kappa shape index (κ2) is 9.86. The topological polar surface area (TPSA) is 112 Å². The predicted octanol–water partition coefficient (Wildman–Crippen LogP) is 4.08. The SMILES string of the molecule is CCCCS(=O)(=O)c1c(CC(C)C)sc(S(N)(=O)=O)c1-c1ccc(Cn2ccnc2)cc1. The fourth-order valence-electron chi connectivity index (χ4n) is 3.53. The minimum absolute atomic E-state index is 0.0267. The summed E-state index contributed by atoms with van der Waals surface area (Å²) in [5, 5.41) is 5.55. The number of benzene rings is 1. The molecule has 3 aromatic rings. The van der Waals surface area contributed by atoms with E-state index in [1.54, 1.807) is 24.7 Å². The molecule has 0 bridgehead atoms. The summed E-state index contributed by atoms with van der Waals surface area (Å²) < 4.78 is 53.5. The van der Waals surface area contributed by atoms with Gasteiger partial charge in [-0.2, -0.15) is 0 Å². The average Bonchev–Trinajstić information content (AvgIpc) is 3.34. The Morgan fingerprint density at radius 3 is 2.34 bits per heavy atom. The van der Waals surface area contributed by atoms with Crippen LogP contribution in [0.4, 0.5) is 0 Å². The number of aromatic nitrogens is 2. The molecule has 2 aromatic heterocycles. The molecule has 0 amide bonds. The summed E-state index contributed by atoms with van der Waals surface area (Å²) in [5.41, 5.74) is 1.72. The van der Waals surface area contributed by atoms with E-state index in [9.17, 15) is 16.8 Å². The summed E-state index contributed by atoms with van der Waals surface area (Å²) in [6.07, 6.45) is 6.95. The molecule has 2 heterocycles. The van der Waals surface area contributed by atoms with Gasteiger partial charge >= 0.3 is 0 Å². The number of sulfonamides is 1. The van der Waals surface area contributed by atoms with E-state index in [1.165, 1.54) is 0 Å². The molecule has 32 heavy (non-hydrogen) atoms. The van der Waals surface area contributed by atoms with E-state index in [0.717, 1.165) is 23.3 Å². The molecule has 0 aliphatic heterocycles. The number of unbranched alkanes of at least 4 members (excludes halogenated alkanes) is 1. The van der Waals surface area contributed by atoms with Crippen molar-refractivity contribution < 1.29 is 16.8 Å². The number of nitrogens with zero attached hydrogens (tertiary/aromatic N) is 2. The Hall–Kier alpha value is -2.01. The molecule has 174 valence electrons. The number of hydrogen-bond donors (Lipinski definition) is 1. The van der Waals surface area contributed by atoms with Crippen LogP contribution in [0.1, 0.15) is 44.1 Å². The lowest BCUT2D eigenvalue weighted by Crippen LogP contribution is -2.13. The van der Waals surface area contributed by atoms with Crippen molar-refractivity contribution >= 4 is 31.2 Å². The average molecular weight is 496 g/mol. The van der Waals surface area contributed by atoms with E-state index >= 15 is 0 Å². The third-order valence-electron chi connectivity index (χ3n) is 5.00. The molecule has 3 rings (SSSR count). The van der Waals surface area contributed by atoms with Crippen LogP contribution < -0.4 is 5.14 Å². The first-order valence-corrected chi connectivity index (χ1v) is 14.5. The first-order chi connectivity index (χ1) is 15.0. The van der Waals surface area contributed by atoms with Crippen LogP contribution in [0, 0.1) is 5.92 Å². The number of imidazole rings is 1. The van der Waals surface area contributed by atoms with Gasteiger partial charge < -0.3 is 4.57 Å². The summed E-state index contributed by atoms with van der Waals surface area (Å²) in [6, 6.07) is 7.26. The molecule has 0 fully saturated rings. The summed E-state index contributed by atoms with van der Waals surface area (Å²) in [4.78, 5) is 4.70. The Kier molecular flexibility index (Phi) is 7.59. The van der Waals surface area contributed by atoms with Crippen LogP contribution in [0.2, 0.25) is 0 Å². The van der Waals surface area contributed by atoms with Crippen molar-refractivity contribution in [3.63, 3.8) is 0 Å². The first-order valence-electron chi connectivity index (χ1n) is 10.5. The molecule has 7 nitrogen and oxygen atoms in total. The number of nitrogens with two attached hydrogens (primary N) is 1. The molecule has 0 saturated heterocycles. The van der Waals surface area contributed by atoms with Gasteiger partial charge in [0.15, 0.2) is 9.84 Å². The van der Waals surface area contributed by atoms with Gasteiger partial charge in [-0.25, -0.2) is 27.0 Å². The lowest BCUT2D eigenvalue weighted by atomic mass is 10.0. The van der Waals surface area contributed by atoms with Gasteiger partial charge in [0, 0.05) is 29.4 Å². The van der Waals surface area contributed by atoms with Crippen molar-refractivity contribution in [2.45, 2.75) is 55.7 Å². The molecular formula is C22H29N3O4S3. The summed E-state index contributed by atoms with van der Waals surface area (Å²) in [5.74, 6) is 0.133. The highest BCUT2D eigenvalue weighted by Gasteiger charge is 2.32. The molecule has 1 aromatic carbocycles. The standard InChI is InChI=1S/C22H29N3O4S3/c1-4-5-12-31(26,27)21-19(13-16(2)3)30-22(32(23,28)29)20(21)18-8-6-17(7-9-18)14-25-11-10-24-15-25/h6-11,15-16H,4-5,12-14H2,1-3H3,(H2,23,28,29). The molecule has 2 N–H and O–H groups in total. The molecule has 0 aliphatic rings. The molecule has 0 atom stereocenters. The fraction of sp³-hybridized carbons (Fsp3) is 0.409. The zero-order valence-corrected chi connectivity index (χ0v) is 20.9. The smallest absolute Gasteiger partial charge is 0.248 e. The van der Waals surface area contributed by atoms with Crippen LogP contribution in [0.15, 0.2) is 52.1 Å². The Morgan fingerprint density at radius 1 is 1.12 bits per heavy atom. The molecule has 0 saturated carbocycles. The van der Waals surface area contributed by atoms with Gasteiger partial charge in [0.2, 0.25) is 10.0 Å². The van der Waals surface area contributed by atoms with Crippen LogP contribution in [-0.4, -0.2) is 32.1 Å². The minimum Gasteiger partial charge on any atom is -0.333 e. The van der Waals surface area contributed by atoms with Crippen LogP contribution in [0.3, 0.4) is 0 Å². The summed E-state index contributed by atoms with van der Waals surface area (Å²) >= 11 is 0.980. The van der Waals surface area contributed by atoms with Crippen molar-refractivity contribution in [1.29, 1.82) is 0 Å². The van der Waals surface area contributed by atoms with Crippen molar-refractivity contribution in [3.05, 3.63) is 53.4 Å². The zero-order chi connectivity index (χ0) is 23.5. The summed E-state index contributed by atoms with van der Waals surface area (Å²) in [7, 11) is -7.80. The summed E-state index contributed by atoms with van der Waals surface area (Å²) in [6.45, 7) is 6.48. The van der Waals surface area contributed by atoms with Crippen molar-refractivity contribution in [2.75, 3.05) is 5.75 Å². The number of hydrogen-bond acceptors (Lipinski definition) is 6. The number of rotatable bonds is 10. The first kappa shape index (κ1) is 24.6. The van der Waals surface area contributed by atoms with E-state index in [1.807, 2.05) is 43.7 Å². The molecule has 0 spiro atoms. The molecule has 0 unspecified atom stereocenters. The highest BCUT2D eigenvalue weighted by molar-refractivity contribution is 7.93.